The summed E-state index contributed by atoms with van der Waals surface area (Å²) in [5.41, 5.74) is 0.807. The molecule has 2 unspecified atom stereocenters. The van der Waals surface area contributed by atoms with Gasteiger partial charge in [-0.3, -0.25) is 0 Å². The molecule has 1 aliphatic carbocycles. The van der Waals surface area contributed by atoms with Gasteiger partial charge in [0.1, 0.15) is 6.10 Å². The summed E-state index contributed by atoms with van der Waals surface area (Å²) < 4.78 is 1.87. The molecule has 0 radical (unpaired) electrons. The van der Waals surface area contributed by atoms with Crippen molar-refractivity contribution in [3.8, 4) is 0 Å². The minimum atomic E-state index is -0.381. The molecule has 2 rings (SSSR count). The van der Waals surface area contributed by atoms with Gasteiger partial charge in [0.2, 0.25) is 0 Å². The topological polar surface area (TPSA) is 38.0 Å². The molecule has 1 aromatic rings. The maximum Gasteiger partial charge on any atom is 0.100 e. The molecule has 1 saturated carbocycles. The number of imidazole rings is 1. The van der Waals surface area contributed by atoms with E-state index in [2.05, 4.69) is 11.9 Å². The van der Waals surface area contributed by atoms with Crippen LogP contribution >= 0.6 is 0 Å². The van der Waals surface area contributed by atoms with Gasteiger partial charge in [-0.2, -0.15) is 0 Å². The van der Waals surface area contributed by atoms with Crippen LogP contribution in [0.4, 0.5) is 0 Å². The quantitative estimate of drug-likeness (QED) is 0.765. The number of aryl methyl sites for hydroxylation is 1. The highest BCUT2D eigenvalue weighted by Gasteiger charge is 2.33. The Morgan fingerprint density at radius 2 is 2.31 bits per heavy atom. The van der Waals surface area contributed by atoms with Gasteiger partial charge in [0.15, 0.2) is 0 Å². The molecule has 3 heteroatoms. The standard InChI is InChI=1S/C10H16N2O/c1-7(8-3-4-8)10(13)9-5-12(2)6-11-9/h5-8,10,13H,3-4H2,1-2H3. The number of hydrogen-bond donors (Lipinski definition) is 1. The molecule has 72 valence electrons. The zero-order valence-electron chi connectivity index (χ0n) is 8.14. The minimum Gasteiger partial charge on any atom is -0.386 e. The predicted molar refractivity (Wildman–Crippen MR) is 50.1 cm³/mol. The van der Waals surface area contributed by atoms with E-state index in [4.69, 9.17) is 0 Å². The van der Waals surface area contributed by atoms with Crippen LogP contribution in [0.3, 0.4) is 0 Å². The fourth-order valence-corrected chi connectivity index (χ4v) is 1.73. The van der Waals surface area contributed by atoms with Gasteiger partial charge in [-0.25, -0.2) is 4.98 Å². The molecule has 1 N–H and O–H groups in total. The van der Waals surface area contributed by atoms with E-state index in [0.717, 1.165) is 11.6 Å². The third-order valence-corrected chi connectivity index (χ3v) is 2.89. The average molecular weight is 180 g/mol. The molecule has 3 nitrogen and oxygen atoms in total. The molecule has 1 aliphatic rings. The average Bonchev–Trinajstić information content (AvgIpc) is 2.87. The van der Waals surface area contributed by atoms with Crippen molar-refractivity contribution < 1.29 is 5.11 Å². The van der Waals surface area contributed by atoms with E-state index in [9.17, 15) is 5.11 Å². The van der Waals surface area contributed by atoms with E-state index in [1.54, 1.807) is 6.33 Å². The van der Waals surface area contributed by atoms with E-state index in [0.29, 0.717) is 5.92 Å². The summed E-state index contributed by atoms with van der Waals surface area (Å²) in [5, 5.41) is 9.94. The first-order chi connectivity index (χ1) is 6.18. The van der Waals surface area contributed by atoms with Crippen molar-refractivity contribution >= 4 is 0 Å². The second-order valence-electron chi connectivity index (χ2n) is 4.11. The molecule has 0 bridgehead atoms. The van der Waals surface area contributed by atoms with Gasteiger partial charge in [0.25, 0.3) is 0 Å². The molecular weight excluding hydrogens is 164 g/mol. The van der Waals surface area contributed by atoms with Crippen LogP contribution in [0.5, 0.6) is 0 Å². The fourth-order valence-electron chi connectivity index (χ4n) is 1.73. The predicted octanol–water partition coefficient (Wildman–Crippen LogP) is 1.50. The first kappa shape index (κ1) is 8.75. The number of aliphatic hydroxyl groups excluding tert-OH is 1. The molecule has 0 spiro atoms. The van der Waals surface area contributed by atoms with E-state index < -0.39 is 0 Å². The number of aliphatic hydroxyl groups is 1. The van der Waals surface area contributed by atoms with Crippen molar-refractivity contribution in [3.05, 3.63) is 18.2 Å². The van der Waals surface area contributed by atoms with Crippen LogP contribution in [0.1, 0.15) is 31.6 Å². The summed E-state index contributed by atoms with van der Waals surface area (Å²) in [5.74, 6) is 1.08. The summed E-state index contributed by atoms with van der Waals surface area (Å²) in [6.45, 7) is 2.11. The Kier molecular flexibility index (Phi) is 2.12. The molecule has 2 atom stereocenters. The van der Waals surface area contributed by atoms with Gasteiger partial charge in [-0.05, 0) is 24.7 Å². The highest BCUT2D eigenvalue weighted by Crippen LogP contribution is 2.42. The smallest absolute Gasteiger partial charge is 0.100 e. The number of rotatable bonds is 3. The third-order valence-electron chi connectivity index (χ3n) is 2.89. The molecule has 0 saturated heterocycles. The van der Waals surface area contributed by atoms with Crippen molar-refractivity contribution in [2.45, 2.75) is 25.9 Å². The Morgan fingerprint density at radius 3 is 2.77 bits per heavy atom. The largest absolute Gasteiger partial charge is 0.386 e. The first-order valence-electron chi connectivity index (χ1n) is 4.84. The number of hydrogen-bond acceptors (Lipinski definition) is 2. The maximum atomic E-state index is 9.94. The van der Waals surface area contributed by atoms with E-state index in [1.165, 1.54) is 12.8 Å². The van der Waals surface area contributed by atoms with Crippen molar-refractivity contribution in [3.63, 3.8) is 0 Å². The van der Waals surface area contributed by atoms with E-state index in [1.807, 2.05) is 17.8 Å². The lowest BCUT2D eigenvalue weighted by Crippen LogP contribution is -2.11. The van der Waals surface area contributed by atoms with E-state index in [-0.39, 0.29) is 6.10 Å². The normalized spacial score (nSPS) is 21.5. The monoisotopic (exact) mass is 180 g/mol. The van der Waals surface area contributed by atoms with Crippen LogP contribution in [-0.4, -0.2) is 14.7 Å². The maximum absolute atomic E-state index is 9.94. The van der Waals surface area contributed by atoms with E-state index >= 15 is 0 Å². The summed E-state index contributed by atoms with van der Waals surface area (Å²) >= 11 is 0. The number of aromatic nitrogens is 2. The van der Waals surface area contributed by atoms with Gasteiger partial charge >= 0.3 is 0 Å². The van der Waals surface area contributed by atoms with Crippen LogP contribution in [0.15, 0.2) is 12.5 Å². The molecule has 1 fully saturated rings. The van der Waals surface area contributed by atoms with Crippen LogP contribution in [0.2, 0.25) is 0 Å². The van der Waals surface area contributed by atoms with Gasteiger partial charge in [0, 0.05) is 13.2 Å². The summed E-state index contributed by atoms with van der Waals surface area (Å²) in [6, 6.07) is 0. The van der Waals surface area contributed by atoms with Crippen molar-refractivity contribution in [1.29, 1.82) is 0 Å². The summed E-state index contributed by atoms with van der Waals surface area (Å²) in [7, 11) is 1.92. The van der Waals surface area contributed by atoms with Crippen LogP contribution < -0.4 is 0 Å². The Morgan fingerprint density at radius 1 is 1.62 bits per heavy atom. The summed E-state index contributed by atoms with van der Waals surface area (Å²) in [4.78, 5) is 4.16. The highest BCUT2D eigenvalue weighted by atomic mass is 16.3. The molecule has 1 aromatic heterocycles. The Hall–Kier alpha value is -0.830. The van der Waals surface area contributed by atoms with Gasteiger partial charge in [0.05, 0.1) is 12.0 Å². The Bertz CT molecular complexity index is 291. The lowest BCUT2D eigenvalue weighted by atomic mass is 9.97. The Balaban J connectivity index is 2.06. The fraction of sp³-hybridized carbons (Fsp3) is 0.700. The van der Waals surface area contributed by atoms with Crippen LogP contribution in [0.25, 0.3) is 0 Å². The zero-order chi connectivity index (χ0) is 9.42. The summed E-state index contributed by atoms with van der Waals surface area (Å²) in [6.07, 6.45) is 5.78. The molecular formula is C10H16N2O. The van der Waals surface area contributed by atoms with Gasteiger partial charge < -0.3 is 9.67 Å². The van der Waals surface area contributed by atoms with Gasteiger partial charge in [-0.15, -0.1) is 0 Å². The molecule has 0 aromatic carbocycles. The molecule has 1 heterocycles. The van der Waals surface area contributed by atoms with Crippen LogP contribution in [-0.2, 0) is 7.05 Å². The Labute approximate surface area is 78.4 Å². The zero-order valence-corrected chi connectivity index (χ0v) is 8.14. The van der Waals surface area contributed by atoms with Crippen molar-refractivity contribution in [1.82, 2.24) is 9.55 Å². The second-order valence-corrected chi connectivity index (χ2v) is 4.11. The first-order valence-corrected chi connectivity index (χ1v) is 4.84. The van der Waals surface area contributed by atoms with Crippen molar-refractivity contribution in [2.75, 3.05) is 0 Å². The molecule has 0 aliphatic heterocycles. The molecule has 0 amide bonds. The van der Waals surface area contributed by atoms with Crippen LogP contribution in [0, 0.1) is 11.8 Å². The second kappa shape index (κ2) is 3.14. The lowest BCUT2D eigenvalue weighted by molar-refractivity contribution is 0.102. The SMILES string of the molecule is CC(C1CC1)C(O)c1cn(C)cn1. The third kappa shape index (κ3) is 1.75. The van der Waals surface area contributed by atoms with Gasteiger partial charge in [-0.1, -0.05) is 6.92 Å². The minimum absolute atomic E-state index is 0.356. The highest BCUT2D eigenvalue weighted by molar-refractivity contribution is 5.03. The lowest BCUT2D eigenvalue weighted by Gasteiger charge is -2.15. The number of nitrogens with zero attached hydrogens (tertiary/aromatic N) is 2. The molecule has 13 heavy (non-hydrogen) atoms. The van der Waals surface area contributed by atoms with Crippen molar-refractivity contribution in [2.24, 2.45) is 18.9 Å².